The lowest BCUT2D eigenvalue weighted by Gasteiger charge is -2.07. The Morgan fingerprint density at radius 2 is 2.26 bits per heavy atom. The lowest BCUT2D eigenvalue weighted by Crippen LogP contribution is -2.00. The van der Waals surface area contributed by atoms with Gasteiger partial charge in [-0.1, -0.05) is 13.0 Å². The summed E-state index contributed by atoms with van der Waals surface area (Å²) in [6.45, 7) is 3.77. The summed E-state index contributed by atoms with van der Waals surface area (Å²) in [4.78, 5) is 15.3. The first-order chi connectivity index (χ1) is 9.11. The quantitative estimate of drug-likeness (QED) is 0.908. The van der Waals surface area contributed by atoms with Gasteiger partial charge in [0.25, 0.3) is 5.19 Å². The number of nitrogens with zero attached hydrogens (tertiary/aromatic N) is 2. The van der Waals surface area contributed by atoms with Gasteiger partial charge in [0, 0.05) is 23.5 Å². The molecule has 0 amide bonds. The SMILES string of the molecule is CCCc1nsc(Oc2cccc(C(=O)O)c2C)n1. The van der Waals surface area contributed by atoms with Gasteiger partial charge < -0.3 is 9.84 Å². The van der Waals surface area contributed by atoms with E-state index in [1.54, 1.807) is 25.1 Å². The highest BCUT2D eigenvalue weighted by Crippen LogP contribution is 2.28. The minimum atomic E-state index is -0.966. The first kappa shape index (κ1) is 13.5. The predicted molar refractivity (Wildman–Crippen MR) is 72.1 cm³/mol. The molecule has 0 aliphatic rings. The third-order valence-electron chi connectivity index (χ3n) is 2.63. The highest BCUT2D eigenvalue weighted by Gasteiger charge is 2.13. The number of ether oxygens (including phenoxy) is 1. The molecule has 0 fully saturated rings. The van der Waals surface area contributed by atoms with E-state index < -0.39 is 5.97 Å². The molecule has 0 saturated heterocycles. The van der Waals surface area contributed by atoms with Crippen LogP contribution in [0.2, 0.25) is 0 Å². The molecule has 0 atom stereocenters. The zero-order valence-electron chi connectivity index (χ0n) is 10.7. The fourth-order valence-electron chi connectivity index (χ4n) is 1.66. The molecular formula is C13H14N2O3S. The third-order valence-corrected chi connectivity index (χ3v) is 3.27. The molecule has 100 valence electrons. The van der Waals surface area contributed by atoms with Crippen molar-refractivity contribution in [3.63, 3.8) is 0 Å². The summed E-state index contributed by atoms with van der Waals surface area (Å²) in [5, 5.41) is 9.49. The number of hydrogen-bond acceptors (Lipinski definition) is 5. The smallest absolute Gasteiger partial charge is 0.336 e. The number of benzene rings is 1. The summed E-state index contributed by atoms with van der Waals surface area (Å²) < 4.78 is 9.79. The van der Waals surface area contributed by atoms with Gasteiger partial charge >= 0.3 is 5.97 Å². The fraction of sp³-hybridized carbons (Fsp3) is 0.308. The molecule has 0 aliphatic carbocycles. The summed E-state index contributed by atoms with van der Waals surface area (Å²) in [7, 11) is 0. The number of carboxylic acids is 1. The standard InChI is InChI=1S/C13H14N2O3S/c1-3-5-11-14-13(19-15-11)18-10-7-4-6-9(8(10)2)12(16)17/h4,6-7H,3,5H2,1-2H3,(H,16,17). The molecule has 0 unspecified atom stereocenters. The molecule has 1 heterocycles. The monoisotopic (exact) mass is 278 g/mol. The summed E-state index contributed by atoms with van der Waals surface area (Å²) in [6, 6.07) is 4.93. The van der Waals surface area contributed by atoms with Crippen LogP contribution in [-0.4, -0.2) is 20.4 Å². The largest absolute Gasteiger partial charge is 0.478 e. The van der Waals surface area contributed by atoms with Crippen molar-refractivity contribution in [2.45, 2.75) is 26.7 Å². The van der Waals surface area contributed by atoms with Crippen LogP contribution in [0.25, 0.3) is 0 Å². The number of aryl methyl sites for hydroxylation is 1. The van der Waals surface area contributed by atoms with Crippen molar-refractivity contribution in [1.82, 2.24) is 9.36 Å². The number of rotatable bonds is 5. The maximum atomic E-state index is 11.0. The van der Waals surface area contributed by atoms with E-state index in [1.165, 1.54) is 11.5 Å². The first-order valence-corrected chi connectivity index (χ1v) is 6.72. The minimum Gasteiger partial charge on any atom is -0.478 e. The van der Waals surface area contributed by atoms with Gasteiger partial charge in [0.2, 0.25) is 0 Å². The topological polar surface area (TPSA) is 72.3 Å². The van der Waals surface area contributed by atoms with E-state index in [4.69, 9.17) is 9.84 Å². The number of hydrogen-bond donors (Lipinski definition) is 1. The second kappa shape index (κ2) is 5.79. The number of aromatic nitrogens is 2. The van der Waals surface area contributed by atoms with Crippen molar-refractivity contribution in [1.29, 1.82) is 0 Å². The second-order valence-corrected chi connectivity index (χ2v) is 4.78. The molecular weight excluding hydrogens is 264 g/mol. The molecule has 1 N–H and O–H groups in total. The Morgan fingerprint density at radius 3 is 2.95 bits per heavy atom. The van der Waals surface area contributed by atoms with E-state index in [9.17, 15) is 4.79 Å². The van der Waals surface area contributed by atoms with Crippen LogP contribution in [0.4, 0.5) is 0 Å². The molecule has 0 saturated carbocycles. The van der Waals surface area contributed by atoms with Gasteiger partial charge in [0.15, 0.2) is 0 Å². The van der Waals surface area contributed by atoms with Crippen LogP contribution >= 0.6 is 11.5 Å². The molecule has 0 aliphatic heterocycles. The first-order valence-electron chi connectivity index (χ1n) is 5.95. The lowest BCUT2D eigenvalue weighted by molar-refractivity contribution is 0.0695. The van der Waals surface area contributed by atoms with Gasteiger partial charge in [-0.15, -0.1) is 0 Å². The van der Waals surface area contributed by atoms with Crippen LogP contribution in [0.1, 0.15) is 35.1 Å². The van der Waals surface area contributed by atoms with Crippen LogP contribution in [0, 0.1) is 6.92 Å². The van der Waals surface area contributed by atoms with E-state index >= 15 is 0 Å². The molecule has 0 radical (unpaired) electrons. The maximum absolute atomic E-state index is 11.0. The normalized spacial score (nSPS) is 10.4. The average Bonchev–Trinajstić information content (AvgIpc) is 2.79. The Kier molecular flexibility index (Phi) is 4.11. The van der Waals surface area contributed by atoms with Gasteiger partial charge in [-0.05, 0) is 25.5 Å². The Morgan fingerprint density at radius 1 is 1.47 bits per heavy atom. The van der Waals surface area contributed by atoms with Crippen molar-refractivity contribution >= 4 is 17.5 Å². The van der Waals surface area contributed by atoms with Crippen LogP contribution in [-0.2, 0) is 6.42 Å². The van der Waals surface area contributed by atoms with Crippen LogP contribution in [0.3, 0.4) is 0 Å². The Hall–Kier alpha value is -1.95. The highest BCUT2D eigenvalue weighted by atomic mass is 32.1. The van der Waals surface area contributed by atoms with Gasteiger partial charge in [-0.2, -0.15) is 9.36 Å². The number of aromatic carboxylic acids is 1. The van der Waals surface area contributed by atoms with Gasteiger partial charge in [-0.25, -0.2) is 4.79 Å². The van der Waals surface area contributed by atoms with Crippen molar-refractivity contribution in [2.75, 3.05) is 0 Å². The highest BCUT2D eigenvalue weighted by molar-refractivity contribution is 7.07. The molecule has 5 nitrogen and oxygen atoms in total. The van der Waals surface area contributed by atoms with E-state index in [-0.39, 0.29) is 5.56 Å². The molecule has 19 heavy (non-hydrogen) atoms. The van der Waals surface area contributed by atoms with Crippen molar-refractivity contribution in [3.05, 3.63) is 35.2 Å². The molecule has 2 aromatic rings. The summed E-state index contributed by atoms with van der Waals surface area (Å²) >= 11 is 1.18. The van der Waals surface area contributed by atoms with Crippen LogP contribution in [0.5, 0.6) is 10.9 Å². The van der Waals surface area contributed by atoms with Crippen LogP contribution < -0.4 is 4.74 Å². The number of carbonyl (C=O) groups is 1. The van der Waals surface area contributed by atoms with Gasteiger partial charge in [-0.3, -0.25) is 0 Å². The van der Waals surface area contributed by atoms with E-state index in [2.05, 4.69) is 16.3 Å². The lowest BCUT2D eigenvalue weighted by atomic mass is 10.1. The van der Waals surface area contributed by atoms with E-state index in [0.29, 0.717) is 16.5 Å². The molecule has 0 bridgehead atoms. The molecule has 1 aromatic heterocycles. The summed E-state index contributed by atoms with van der Waals surface area (Å²) in [5.74, 6) is 0.292. The summed E-state index contributed by atoms with van der Waals surface area (Å²) in [6.07, 6.45) is 1.79. The molecule has 6 heteroatoms. The Bertz CT molecular complexity index is 595. The Balaban J connectivity index is 2.23. The van der Waals surface area contributed by atoms with Gasteiger partial charge in [0.1, 0.15) is 11.6 Å². The minimum absolute atomic E-state index is 0.232. The average molecular weight is 278 g/mol. The number of carboxylic acid groups (broad SMARTS) is 1. The van der Waals surface area contributed by atoms with E-state index in [0.717, 1.165) is 18.7 Å². The fourth-order valence-corrected chi connectivity index (χ4v) is 2.24. The maximum Gasteiger partial charge on any atom is 0.336 e. The van der Waals surface area contributed by atoms with Crippen molar-refractivity contribution in [2.24, 2.45) is 0 Å². The van der Waals surface area contributed by atoms with Crippen molar-refractivity contribution < 1.29 is 14.6 Å². The summed E-state index contributed by atoms with van der Waals surface area (Å²) in [5.41, 5.74) is 0.818. The second-order valence-electron chi connectivity index (χ2n) is 4.06. The molecule has 2 rings (SSSR count). The Labute approximate surface area is 115 Å². The molecule has 1 aromatic carbocycles. The predicted octanol–water partition coefficient (Wildman–Crippen LogP) is 3.29. The zero-order chi connectivity index (χ0) is 13.8. The zero-order valence-corrected chi connectivity index (χ0v) is 11.5. The molecule has 0 spiro atoms. The van der Waals surface area contributed by atoms with E-state index in [1.807, 2.05) is 0 Å². The van der Waals surface area contributed by atoms with Crippen LogP contribution in [0.15, 0.2) is 18.2 Å². The van der Waals surface area contributed by atoms with Crippen molar-refractivity contribution in [3.8, 4) is 10.9 Å². The third kappa shape index (κ3) is 3.08. The van der Waals surface area contributed by atoms with Gasteiger partial charge in [0.05, 0.1) is 5.56 Å².